The van der Waals surface area contributed by atoms with Crippen LogP contribution < -0.4 is 5.56 Å². The molecule has 1 saturated heterocycles. The Morgan fingerprint density at radius 3 is 2.57 bits per heavy atom. The molecule has 1 fully saturated rings. The van der Waals surface area contributed by atoms with Gasteiger partial charge in [0.05, 0.1) is 18.5 Å². The summed E-state index contributed by atoms with van der Waals surface area (Å²) in [6.45, 7) is 2.13. The number of aromatic nitrogens is 2. The van der Waals surface area contributed by atoms with Gasteiger partial charge in [0.15, 0.2) is 0 Å². The molecule has 0 N–H and O–H groups in total. The average Bonchev–Trinajstić information content (AvgIpc) is 3.27. The van der Waals surface area contributed by atoms with Crippen LogP contribution in [0.25, 0.3) is 5.69 Å². The predicted octanol–water partition coefficient (Wildman–Crippen LogP) is 2.70. The molecule has 0 aliphatic carbocycles. The van der Waals surface area contributed by atoms with Crippen molar-refractivity contribution in [2.45, 2.75) is 25.4 Å². The molecule has 0 spiro atoms. The number of hydrogen-bond acceptors (Lipinski definition) is 5. The van der Waals surface area contributed by atoms with E-state index in [0.717, 1.165) is 30.6 Å². The molecule has 3 aromatic rings. The Bertz CT molecular complexity index is 1050. The number of furan rings is 1. The average molecular weight is 410 g/mol. The van der Waals surface area contributed by atoms with Gasteiger partial charge in [-0.15, -0.1) is 0 Å². The molecule has 1 amide bonds. The number of likely N-dealkylation sites (tertiary alicyclic amines) is 1. The lowest BCUT2D eigenvalue weighted by molar-refractivity contribution is 0.0543. The molecule has 0 bridgehead atoms. The van der Waals surface area contributed by atoms with Crippen molar-refractivity contribution in [1.29, 1.82) is 0 Å². The highest BCUT2D eigenvalue weighted by Gasteiger charge is 2.29. The number of carbonyl (C=O) groups is 1. The van der Waals surface area contributed by atoms with Gasteiger partial charge in [-0.3, -0.25) is 9.59 Å². The van der Waals surface area contributed by atoms with E-state index in [1.165, 1.54) is 36.4 Å². The van der Waals surface area contributed by atoms with Crippen molar-refractivity contribution in [3.05, 3.63) is 82.4 Å². The first kappa shape index (κ1) is 20.0. The Morgan fingerprint density at radius 1 is 1.17 bits per heavy atom. The summed E-state index contributed by atoms with van der Waals surface area (Å²) in [5.74, 6) is 0.0110. The number of nitrogens with zero attached hydrogens (tertiary/aromatic N) is 4. The Morgan fingerprint density at radius 2 is 1.90 bits per heavy atom. The molecule has 8 heteroatoms. The number of hydrogen-bond donors (Lipinski definition) is 0. The van der Waals surface area contributed by atoms with Gasteiger partial charge in [-0.2, -0.15) is 9.78 Å². The van der Waals surface area contributed by atoms with Gasteiger partial charge >= 0.3 is 0 Å². The molecular weight excluding hydrogens is 387 g/mol. The summed E-state index contributed by atoms with van der Waals surface area (Å²) in [6, 6.07) is 11.8. The number of amides is 1. The van der Waals surface area contributed by atoms with Crippen LogP contribution in [0.2, 0.25) is 0 Å². The summed E-state index contributed by atoms with van der Waals surface area (Å²) >= 11 is 0. The van der Waals surface area contributed by atoms with E-state index in [1.54, 1.807) is 17.2 Å². The maximum absolute atomic E-state index is 13.4. The van der Waals surface area contributed by atoms with Crippen LogP contribution in [0.15, 0.2) is 64.0 Å². The molecular formula is C22H23FN4O3. The van der Waals surface area contributed by atoms with Gasteiger partial charge in [0.2, 0.25) is 0 Å². The van der Waals surface area contributed by atoms with Gasteiger partial charge in [-0.05, 0) is 75.4 Å². The van der Waals surface area contributed by atoms with Crippen molar-refractivity contribution < 1.29 is 13.6 Å². The van der Waals surface area contributed by atoms with Crippen LogP contribution in [0.3, 0.4) is 0 Å². The van der Waals surface area contributed by atoms with Crippen LogP contribution in [-0.2, 0) is 6.54 Å². The van der Waals surface area contributed by atoms with Crippen molar-refractivity contribution in [2.75, 3.05) is 20.1 Å². The third-order valence-electron chi connectivity index (χ3n) is 5.39. The molecule has 1 aliphatic rings. The van der Waals surface area contributed by atoms with Gasteiger partial charge in [-0.1, -0.05) is 0 Å². The standard InChI is InChI=1S/C22H23FN4O3/c1-25-12-10-17(11-13-25)26(15-19-3-2-14-30-19)22(29)20-8-9-21(28)27(24-20)18-6-4-16(23)5-7-18/h2-9,14,17H,10-13,15H2,1H3. The molecule has 1 aromatic carbocycles. The Labute approximate surface area is 173 Å². The monoisotopic (exact) mass is 410 g/mol. The van der Waals surface area contributed by atoms with E-state index in [0.29, 0.717) is 18.0 Å². The minimum absolute atomic E-state index is 0.0480. The van der Waals surface area contributed by atoms with E-state index < -0.39 is 11.4 Å². The number of carbonyl (C=O) groups excluding carboxylic acids is 1. The number of piperidine rings is 1. The van der Waals surface area contributed by atoms with E-state index in [4.69, 9.17) is 4.42 Å². The van der Waals surface area contributed by atoms with E-state index in [1.807, 2.05) is 6.07 Å². The van der Waals surface area contributed by atoms with E-state index in [9.17, 15) is 14.0 Å². The zero-order valence-corrected chi connectivity index (χ0v) is 16.7. The third-order valence-corrected chi connectivity index (χ3v) is 5.39. The van der Waals surface area contributed by atoms with Crippen molar-refractivity contribution in [2.24, 2.45) is 0 Å². The Balaban J connectivity index is 1.66. The van der Waals surface area contributed by atoms with E-state index >= 15 is 0 Å². The van der Waals surface area contributed by atoms with Crippen molar-refractivity contribution >= 4 is 5.91 Å². The molecule has 7 nitrogen and oxygen atoms in total. The normalized spacial score (nSPS) is 15.3. The van der Waals surface area contributed by atoms with Crippen molar-refractivity contribution in [3.63, 3.8) is 0 Å². The zero-order valence-electron chi connectivity index (χ0n) is 16.7. The topological polar surface area (TPSA) is 71.6 Å². The summed E-state index contributed by atoms with van der Waals surface area (Å²) in [4.78, 5) is 29.7. The Hall–Kier alpha value is -3.26. The molecule has 4 rings (SSSR count). The van der Waals surface area contributed by atoms with E-state index in [2.05, 4.69) is 17.0 Å². The molecule has 3 heterocycles. The summed E-state index contributed by atoms with van der Waals surface area (Å²) < 4.78 is 19.8. The smallest absolute Gasteiger partial charge is 0.274 e. The largest absolute Gasteiger partial charge is 0.467 e. The zero-order chi connectivity index (χ0) is 21.1. The molecule has 0 radical (unpaired) electrons. The first-order valence-electron chi connectivity index (χ1n) is 9.89. The third kappa shape index (κ3) is 4.33. The van der Waals surface area contributed by atoms with Gasteiger partial charge in [0.25, 0.3) is 11.5 Å². The quantitative estimate of drug-likeness (QED) is 0.647. The summed E-state index contributed by atoms with van der Waals surface area (Å²) in [6.07, 6.45) is 3.28. The van der Waals surface area contributed by atoms with Crippen LogP contribution in [0.4, 0.5) is 4.39 Å². The fraction of sp³-hybridized carbons (Fsp3) is 0.318. The summed E-state index contributed by atoms with van der Waals surface area (Å²) in [5, 5.41) is 4.28. The van der Waals surface area contributed by atoms with Gasteiger partial charge < -0.3 is 14.2 Å². The first-order valence-corrected chi connectivity index (χ1v) is 9.89. The van der Waals surface area contributed by atoms with Crippen LogP contribution in [0, 0.1) is 5.82 Å². The number of halogens is 1. The van der Waals surface area contributed by atoms with Crippen LogP contribution in [-0.4, -0.2) is 51.7 Å². The molecule has 2 aromatic heterocycles. The molecule has 1 aliphatic heterocycles. The molecule has 0 atom stereocenters. The van der Waals surface area contributed by atoms with E-state index in [-0.39, 0.29) is 17.6 Å². The van der Waals surface area contributed by atoms with Crippen LogP contribution in [0.5, 0.6) is 0 Å². The predicted molar refractivity (Wildman–Crippen MR) is 109 cm³/mol. The van der Waals surface area contributed by atoms with Crippen LogP contribution in [0.1, 0.15) is 29.1 Å². The van der Waals surface area contributed by atoms with Crippen LogP contribution >= 0.6 is 0 Å². The minimum Gasteiger partial charge on any atom is -0.467 e. The van der Waals surface area contributed by atoms with Crippen molar-refractivity contribution in [1.82, 2.24) is 19.6 Å². The summed E-state index contributed by atoms with van der Waals surface area (Å²) in [7, 11) is 2.06. The number of benzene rings is 1. The lowest BCUT2D eigenvalue weighted by Crippen LogP contribution is -2.46. The molecule has 30 heavy (non-hydrogen) atoms. The number of rotatable bonds is 5. The second kappa shape index (κ2) is 8.62. The lowest BCUT2D eigenvalue weighted by atomic mass is 10.0. The lowest BCUT2D eigenvalue weighted by Gasteiger charge is -2.36. The second-order valence-corrected chi connectivity index (χ2v) is 7.49. The van der Waals surface area contributed by atoms with Gasteiger partial charge in [-0.25, -0.2) is 4.39 Å². The highest BCUT2D eigenvalue weighted by atomic mass is 19.1. The summed E-state index contributed by atoms with van der Waals surface area (Å²) in [5.41, 5.74) is 0.160. The first-order chi connectivity index (χ1) is 14.5. The Kier molecular flexibility index (Phi) is 5.76. The molecule has 0 unspecified atom stereocenters. The highest BCUT2D eigenvalue weighted by Crippen LogP contribution is 2.21. The van der Waals surface area contributed by atoms with Gasteiger partial charge in [0.1, 0.15) is 17.3 Å². The maximum atomic E-state index is 13.4. The van der Waals surface area contributed by atoms with Gasteiger partial charge in [0, 0.05) is 12.1 Å². The fourth-order valence-corrected chi connectivity index (χ4v) is 3.68. The minimum atomic E-state index is -0.411. The second-order valence-electron chi connectivity index (χ2n) is 7.49. The molecule has 0 saturated carbocycles. The van der Waals surface area contributed by atoms with Crippen molar-refractivity contribution in [3.8, 4) is 5.69 Å². The highest BCUT2D eigenvalue weighted by molar-refractivity contribution is 5.92. The maximum Gasteiger partial charge on any atom is 0.274 e. The molecule has 156 valence electrons. The SMILES string of the molecule is CN1CCC(N(Cc2ccco2)C(=O)c2ccc(=O)n(-c3ccc(F)cc3)n2)CC1. The fourth-order valence-electron chi connectivity index (χ4n) is 3.68.